The maximum Gasteiger partial charge on any atom is 0.341 e. The van der Waals surface area contributed by atoms with E-state index in [0.29, 0.717) is 23.2 Å². The molecule has 0 bridgehead atoms. The van der Waals surface area contributed by atoms with Gasteiger partial charge < -0.3 is 20.3 Å². The molecule has 3 aliphatic rings. The Balaban J connectivity index is 1.66. The van der Waals surface area contributed by atoms with Crippen LogP contribution in [0.2, 0.25) is 0 Å². The zero-order valence-electron chi connectivity index (χ0n) is 16.5. The molecule has 1 aliphatic heterocycles. The Morgan fingerprint density at radius 2 is 2.10 bits per heavy atom. The lowest BCUT2D eigenvalue weighted by Gasteiger charge is -2.34. The number of aromatic nitrogens is 1. The van der Waals surface area contributed by atoms with Crippen molar-refractivity contribution in [3.63, 3.8) is 0 Å². The van der Waals surface area contributed by atoms with E-state index in [1.807, 2.05) is 13.0 Å². The Bertz CT molecular complexity index is 1080. The first-order valence-electron chi connectivity index (χ1n) is 10.4. The third-order valence-electron chi connectivity index (χ3n) is 7.21. The van der Waals surface area contributed by atoms with Gasteiger partial charge in [-0.3, -0.25) is 4.79 Å². The van der Waals surface area contributed by atoms with Gasteiger partial charge in [-0.25, -0.2) is 9.18 Å². The number of benzene rings is 1. The smallest absolute Gasteiger partial charge is 0.341 e. The minimum atomic E-state index is -1.28. The number of halogens is 1. The Kier molecular flexibility index (Phi) is 4.04. The van der Waals surface area contributed by atoms with Crippen molar-refractivity contribution in [1.29, 1.82) is 0 Å². The molecule has 0 unspecified atom stereocenters. The molecule has 1 aromatic carbocycles. The van der Waals surface area contributed by atoms with Crippen molar-refractivity contribution in [3.8, 4) is 0 Å². The summed E-state index contributed by atoms with van der Waals surface area (Å²) in [5, 5.41) is 9.77. The number of carboxylic acid groups (broad SMARTS) is 1. The van der Waals surface area contributed by atoms with Crippen LogP contribution in [0.3, 0.4) is 0 Å². The van der Waals surface area contributed by atoms with E-state index >= 15 is 0 Å². The number of aryl methyl sites for hydroxylation is 1. The minimum absolute atomic E-state index is 0.174. The van der Waals surface area contributed by atoms with E-state index in [2.05, 4.69) is 4.90 Å². The molecule has 5 rings (SSSR count). The molecular weight excluding hydrogens is 373 g/mol. The van der Waals surface area contributed by atoms with Crippen LogP contribution in [-0.2, 0) is 0 Å². The predicted molar refractivity (Wildman–Crippen MR) is 110 cm³/mol. The van der Waals surface area contributed by atoms with Gasteiger partial charge in [0.1, 0.15) is 11.7 Å². The number of pyridine rings is 1. The first-order chi connectivity index (χ1) is 13.8. The summed E-state index contributed by atoms with van der Waals surface area (Å²) >= 11 is 0. The van der Waals surface area contributed by atoms with Crippen LogP contribution in [0.1, 0.15) is 54.1 Å². The molecule has 2 aromatic rings. The van der Waals surface area contributed by atoms with Crippen molar-refractivity contribution in [2.24, 2.45) is 11.7 Å². The average molecular weight is 399 g/mol. The zero-order chi connectivity index (χ0) is 20.5. The Morgan fingerprint density at radius 3 is 2.76 bits per heavy atom. The molecule has 3 N–H and O–H groups in total. The number of carbonyl (C=O) groups is 1. The fourth-order valence-electron chi connectivity index (χ4n) is 5.50. The van der Waals surface area contributed by atoms with Crippen molar-refractivity contribution in [3.05, 3.63) is 39.7 Å². The summed E-state index contributed by atoms with van der Waals surface area (Å²) in [6, 6.07) is 3.19. The van der Waals surface area contributed by atoms with Crippen molar-refractivity contribution >= 4 is 22.6 Å². The van der Waals surface area contributed by atoms with Crippen LogP contribution < -0.4 is 16.1 Å². The van der Waals surface area contributed by atoms with Gasteiger partial charge in [-0.1, -0.05) is 12.8 Å². The summed E-state index contributed by atoms with van der Waals surface area (Å²) in [5.41, 5.74) is 8.26. The molecule has 3 fully saturated rings. The highest BCUT2D eigenvalue weighted by Crippen LogP contribution is 2.44. The largest absolute Gasteiger partial charge is 0.477 e. The maximum absolute atomic E-state index is 13.9. The number of hydrogen-bond acceptors (Lipinski definition) is 4. The number of carboxylic acids is 1. The molecular formula is C22H26FN3O3. The van der Waals surface area contributed by atoms with Crippen LogP contribution in [0.5, 0.6) is 0 Å². The number of fused-ring (bicyclic) bond motifs is 2. The highest BCUT2D eigenvalue weighted by atomic mass is 19.1. The first-order valence-corrected chi connectivity index (χ1v) is 10.4. The van der Waals surface area contributed by atoms with Crippen molar-refractivity contribution < 1.29 is 14.3 Å². The number of aromatic carboxylic acids is 1. The molecule has 0 radical (unpaired) electrons. The molecule has 0 amide bonds. The molecule has 2 heterocycles. The van der Waals surface area contributed by atoms with Gasteiger partial charge in [-0.05, 0) is 43.4 Å². The summed E-state index contributed by atoms with van der Waals surface area (Å²) in [5.74, 6) is -0.821. The van der Waals surface area contributed by atoms with Gasteiger partial charge in [-0.2, -0.15) is 0 Å². The standard InChI is InChI=1S/C22H26FN3O3/c1-12-17(25-9-13-4-2-3-7-22(13,24)11-25)6-5-14-19(12)26(18-8-16(18)23)10-15(20(14)27)21(28)29/h5-6,10,13,16,18H,2-4,7-9,11,24H2,1H3,(H,28,29)/t13-,16-,18+,22+/m0/s1. The van der Waals surface area contributed by atoms with Gasteiger partial charge in [-0.15, -0.1) is 0 Å². The van der Waals surface area contributed by atoms with Crippen molar-refractivity contribution in [2.45, 2.75) is 56.8 Å². The van der Waals surface area contributed by atoms with Gasteiger partial charge >= 0.3 is 5.97 Å². The second-order valence-electron chi connectivity index (χ2n) is 9.07. The lowest BCUT2D eigenvalue weighted by Crippen LogP contribution is -2.49. The van der Waals surface area contributed by atoms with Gasteiger partial charge in [0.15, 0.2) is 0 Å². The van der Waals surface area contributed by atoms with Crippen LogP contribution in [0.15, 0.2) is 23.1 Å². The van der Waals surface area contributed by atoms with E-state index in [4.69, 9.17) is 5.73 Å². The molecule has 0 spiro atoms. The fraction of sp³-hybridized carbons (Fsp3) is 0.545. The second kappa shape index (κ2) is 6.29. The van der Waals surface area contributed by atoms with Crippen LogP contribution in [-0.4, -0.2) is 40.4 Å². The number of rotatable bonds is 3. The molecule has 1 aromatic heterocycles. The van der Waals surface area contributed by atoms with E-state index in [1.54, 1.807) is 10.6 Å². The maximum atomic E-state index is 13.9. The van der Waals surface area contributed by atoms with Crippen LogP contribution in [0, 0.1) is 12.8 Å². The summed E-state index contributed by atoms with van der Waals surface area (Å²) in [6.07, 6.45) is 5.20. The number of anilines is 1. The summed E-state index contributed by atoms with van der Waals surface area (Å²) in [6.45, 7) is 3.60. The summed E-state index contributed by atoms with van der Waals surface area (Å²) < 4.78 is 15.6. The van der Waals surface area contributed by atoms with Crippen molar-refractivity contribution in [2.75, 3.05) is 18.0 Å². The molecule has 6 nitrogen and oxygen atoms in total. The number of alkyl halides is 1. The number of hydrogen-bond donors (Lipinski definition) is 2. The number of nitrogens with two attached hydrogens (primary N) is 1. The zero-order valence-corrected chi connectivity index (χ0v) is 16.5. The normalized spacial score (nSPS) is 31.1. The van der Waals surface area contributed by atoms with Gasteiger partial charge in [0, 0.05) is 42.3 Å². The monoisotopic (exact) mass is 399 g/mol. The van der Waals surface area contributed by atoms with Crippen LogP contribution >= 0.6 is 0 Å². The quantitative estimate of drug-likeness (QED) is 0.828. The van der Waals surface area contributed by atoms with E-state index in [0.717, 1.165) is 43.6 Å². The molecule has 154 valence electrons. The van der Waals surface area contributed by atoms with Crippen molar-refractivity contribution in [1.82, 2.24) is 4.57 Å². The highest BCUT2D eigenvalue weighted by molar-refractivity contribution is 5.95. The lowest BCUT2D eigenvalue weighted by atomic mass is 9.76. The molecule has 2 saturated carbocycles. The Morgan fingerprint density at radius 1 is 1.34 bits per heavy atom. The van der Waals surface area contributed by atoms with E-state index in [1.165, 1.54) is 12.6 Å². The first kappa shape index (κ1) is 18.6. The molecule has 1 saturated heterocycles. The molecule has 7 heteroatoms. The second-order valence-corrected chi connectivity index (χ2v) is 9.07. The third kappa shape index (κ3) is 2.78. The average Bonchev–Trinajstić information content (AvgIpc) is 3.28. The van der Waals surface area contributed by atoms with E-state index in [9.17, 15) is 19.1 Å². The Hall–Kier alpha value is -2.41. The number of nitrogens with zero attached hydrogens (tertiary/aromatic N) is 2. The summed E-state index contributed by atoms with van der Waals surface area (Å²) in [4.78, 5) is 26.6. The SMILES string of the molecule is Cc1c(N2C[C@@H]3CCCC[C@@]3(N)C2)ccc2c(=O)c(C(=O)O)cn([C@@H]3C[C@@H]3F)c12. The minimum Gasteiger partial charge on any atom is -0.477 e. The van der Waals surface area contributed by atoms with Gasteiger partial charge in [0.2, 0.25) is 5.43 Å². The van der Waals surface area contributed by atoms with E-state index < -0.39 is 23.6 Å². The van der Waals surface area contributed by atoms with Crippen LogP contribution in [0.4, 0.5) is 10.1 Å². The third-order valence-corrected chi connectivity index (χ3v) is 7.21. The fourth-order valence-corrected chi connectivity index (χ4v) is 5.50. The topological polar surface area (TPSA) is 88.6 Å². The van der Waals surface area contributed by atoms with E-state index in [-0.39, 0.29) is 11.1 Å². The summed E-state index contributed by atoms with van der Waals surface area (Å²) in [7, 11) is 0. The highest BCUT2D eigenvalue weighted by Gasteiger charge is 2.45. The molecule has 29 heavy (non-hydrogen) atoms. The molecule has 4 atom stereocenters. The lowest BCUT2D eigenvalue weighted by molar-refractivity contribution is 0.0694. The molecule has 2 aliphatic carbocycles. The van der Waals surface area contributed by atoms with Gasteiger partial charge in [0.05, 0.1) is 11.6 Å². The Labute approximate surface area is 168 Å². The van der Waals surface area contributed by atoms with Gasteiger partial charge in [0.25, 0.3) is 0 Å². The predicted octanol–water partition coefficient (Wildman–Crippen LogP) is 3.00. The van der Waals surface area contributed by atoms with Crippen LogP contribution in [0.25, 0.3) is 10.9 Å².